The van der Waals surface area contributed by atoms with E-state index < -0.39 is 12.0 Å². The summed E-state index contributed by atoms with van der Waals surface area (Å²) in [4.78, 5) is 24.9. The smallest absolute Gasteiger partial charge is 0.329 e. The maximum Gasteiger partial charge on any atom is 0.329 e. The molecule has 2 heterocycles. The Hall–Kier alpha value is -1.14. The molecule has 18 heavy (non-hydrogen) atoms. The molecule has 2 aliphatic rings. The fraction of sp³-hybridized carbons (Fsp3) is 0.833. The molecule has 0 saturated carbocycles. The average molecular weight is 256 g/mol. The predicted octanol–water partition coefficient (Wildman–Crippen LogP) is -0.473. The van der Waals surface area contributed by atoms with E-state index in [1.165, 1.54) is 14.0 Å². The molecule has 3 unspecified atom stereocenters. The molecule has 0 aromatic rings. The largest absolute Gasteiger partial charge is 0.467 e. The van der Waals surface area contributed by atoms with Crippen molar-refractivity contribution in [1.82, 2.24) is 10.2 Å². The molecule has 2 aliphatic heterocycles. The van der Waals surface area contributed by atoms with Crippen molar-refractivity contribution in [2.75, 3.05) is 26.7 Å². The third kappa shape index (κ3) is 3.20. The van der Waals surface area contributed by atoms with Crippen molar-refractivity contribution in [2.45, 2.75) is 38.0 Å². The molecule has 0 aromatic carbocycles. The molecule has 0 aromatic heterocycles. The first-order valence-corrected chi connectivity index (χ1v) is 6.31. The van der Waals surface area contributed by atoms with Crippen LogP contribution in [0.15, 0.2) is 0 Å². The Bertz CT molecular complexity index is 322. The molecule has 1 amide bonds. The Kier molecular flexibility index (Phi) is 4.19. The first-order chi connectivity index (χ1) is 8.58. The van der Waals surface area contributed by atoms with Gasteiger partial charge in [0.1, 0.15) is 6.04 Å². The predicted molar refractivity (Wildman–Crippen MR) is 64.0 cm³/mol. The summed E-state index contributed by atoms with van der Waals surface area (Å²) >= 11 is 0. The van der Waals surface area contributed by atoms with Crippen LogP contribution >= 0.6 is 0 Å². The summed E-state index contributed by atoms with van der Waals surface area (Å²) in [5.74, 6) is -0.620. The number of carbonyl (C=O) groups excluding carboxylic acids is 2. The fourth-order valence-corrected chi connectivity index (χ4v) is 2.67. The van der Waals surface area contributed by atoms with Crippen LogP contribution < -0.4 is 5.32 Å². The molecule has 2 saturated heterocycles. The number of ether oxygens (including phenoxy) is 2. The third-order valence-electron chi connectivity index (χ3n) is 3.42. The quantitative estimate of drug-likeness (QED) is 0.689. The molecule has 0 aliphatic carbocycles. The van der Waals surface area contributed by atoms with Gasteiger partial charge in [0.05, 0.1) is 19.3 Å². The monoisotopic (exact) mass is 256 g/mol. The highest BCUT2D eigenvalue weighted by Gasteiger charge is 2.35. The van der Waals surface area contributed by atoms with Gasteiger partial charge in [-0.2, -0.15) is 0 Å². The van der Waals surface area contributed by atoms with E-state index in [0.29, 0.717) is 6.54 Å². The van der Waals surface area contributed by atoms with Gasteiger partial charge >= 0.3 is 5.97 Å². The van der Waals surface area contributed by atoms with E-state index >= 15 is 0 Å². The van der Waals surface area contributed by atoms with E-state index in [-0.39, 0.29) is 18.1 Å². The number of nitrogens with zero attached hydrogens (tertiary/aromatic N) is 1. The van der Waals surface area contributed by atoms with Crippen molar-refractivity contribution in [3.05, 3.63) is 0 Å². The van der Waals surface area contributed by atoms with Crippen LogP contribution in [0.2, 0.25) is 0 Å². The number of likely N-dealkylation sites (tertiary alicyclic amines) is 1. The Balaban J connectivity index is 1.91. The molecule has 2 fully saturated rings. The number of nitrogens with one attached hydrogen (secondary N) is 1. The lowest BCUT2D eigenvalue weighted by atomic mass is 10.2. The molecule has 0 radical (unpaired) electrons. The summed E-state index contributed by atoms with van der Waals surface area (Å²) in [6, 6.07) is -0.593. The summed E-state index contributed by atoms with van der Waals surface area (Å²) in [6.45, 7) is 3.54. The van der Waals surface area contributed by atoms with E-state index in [9.17, 15) is 9.59 Å². The summed E-state index contributed by atoms with van der Waals surface area (Å²) in [5.41, 5.74) is 0. The Morgan fingerprint density at radius 3 is 2.50 bits per heavy atom. The van der Waals surface area contributed by atoms with Gasteiger partial charge < -0.3 is 14.8 Å². The number of esters is 1. The van der Waals surface area contributed by atoms with E-state index in [4.69, 9.17) is 9.47 Å². The van der Waals surface area contributed by atoms with Gasteiger partial charge in [-0.25, -0.2) is 4.79 Å². The van der Waals surface area contributed by atoms with E-state index in [1.807, 2.05) is 0 Å². The molecule has 102 valence electrons. The number of methoxy groups -OCH3 is 1. The van der Waals surface area contributed by atoms with Gasteiger partial charge in [-0.3, -0.25) is 9.69 Å². The number of amides is 1. The summed E-state index contributed by atoms with van der Waals surface area (Å²) < 4.78 is 10.4. The minimum Gasteiger partial charge on any atom is -0.467 e. The van der Waals surface area contributed by atoms with Gasteiger partial charge in [-0.05, 0) is 12.8 Å². The van der Waals surface area contributed by atoms with Gasteiger partial charge in [0.2, 0.25) is 5.91 Å². The minimum atomic E-state index is -0.593. The average Bonchev–Trinajstić information content (AvgIpc) is 2.66. The van der Waals surface area contributed by atoms with Crippen LogP contribution in [0, 0.1) is 0 Å². The molecular weight excluding hydrogens is 236 g/mol. The van der Waals surface area contributed by atoms with E-state index in [0.717, 1.165) is 25.9 Å². The lowest BCUT2D eigenvalue weighted by Gasteiger charge is -2.33. The normalized spacial score (nSPS) is 28.8. The number of fused-ring (bicyclic) bond motifs is 2. The molecule has 6 heteroatoms. The van der Waals surface area contributed by atoms with Crippen LogP contribution in [0.4, 0.5) is 0 Å². The molecular formula is C12H20N2O4. The fourth-order valence-electron chi connectivity index (χ4n) is 2.67. The van der Waals surface area contributed by atoms with Crippen molar-refractivity contribution in [3.63, 3.8) is 0 Å². The van der Waals surface area contributed by atoms with Crippen LogP contribution in [0.3, 0.4) is 0 Å². The van der Waals surface area contributed by atoms with Gasteiger partial charge in [0.25, 0.3) is 0 Å². The Labute approximate surface area is 107 Å². The maximum atomic E-state index is 11.6. The first-order valence-electron chi connectivity index (χ1n) is 6.31. The highest BCUT2D eigenvalue weighted by Crippen LogP contribution is 2.26. The zero-order valence-corrected chi connectivity index (χ0v) is 10.8. The molecule has 0 spiro atoms. The molecule has 3 atom stereocenters. The lowest BCUT2D eigenvalue weighted by Crippen LogP contribution is -2.52. The summed E-state index contributed by atoms with van der Waals surface area (Å²) in [5, 5.41) is 2.63. The van der Waals surface area contributed by atoms with Crippen molar-refractivity contribution in [1.29, 1.82) is 0 Å². The molecule has 1 N–H and O–H groups in total. The number of morpholine rings is 1. The van der Waals surface area contributed by atoms with Crippen LogP contribution in [-0.4, -0.2) is 61.8 Å². The number of hydrogen-bond acceptors (Lipinski definition) is 5. The van der Waals surface area contributed by atoms with Gasteiger partial charge in [-0.15, -0.1) is 0 Å². The van der Waals surface area contributed by atoms with Crippen LogP contribution in [0.25, 0.3) is 0 Å². The zero-order valence-electron chi connectivity index (χ0n) is 10.8. The first kappa shape index (κ1) is 13.3. The summed E-state index contributed by atoms with van der Waals surface area (Å²) in [7, 11) is 1.33. The van der Waals surface area contributed by atoms with Crippen LogP contribution in [0.5, 0.6) is 0 Å². The number of carbonyl (C=O) groups is 2. The van der Waals surface area contributed by atoms with Gasteiger partial charge in [0.15, 0.2) is 0 Å². The van der Waals surface area contributed by atoms with Crippen molar-refractivity contribution < 1.29 is 19.1 Å². The van der Waals surface area contributed by atoms with Gasteiger partial charge in [-0.1, -0.05) is 0 Å². The van der Waals surface area contributed by atoms with E-state index in [2.05, 4.69) is 10.2 Å². The van der Waals surface area contributed by atoms with Crippen LogP contribution in [0.1, 0.15) is 19.8 Å². The highest BCUT2D eigenvalue weighted by molar-refractivity contribution is 5.83. The van der Waals surface area contributed by atoms with Crippen molar-refractivity contribution >= 4 is 11.9 Å². The Morgan fingerprint density at radius 1 is 1.39 bits per heavy atom. The van der Waals surface area contributed by atoms with Gasteiger partial charge in [0, 0.05) is 26.6 Å². The topological polar surface area (TPSA) is 67.9 Å². The Morgan fingerprint density at radius 2 is 2.00 bits per heavy atom. The second-order valence-electron chi connectivity index (χ2n) is 4.95. The second-order valence-corrected chi connectivity index (χ2v) is 4.95. The number of hydrogen-bond donors (Lipinski definition) is 1. The molecule has 6 nitrogen and oxygen atoms in total. The molecule has 2 bridgehead atoms. The number of rotatable bonds is 4. The second kappa shape index (κ2) is 5.67. The highest BCUT2D eigenvalue weighted by atomic mass is 16.5. The van der Waals surface area contributed by atoms with E-state index in [1.54, 1.807) is 0 Å². The SMILES string of the molecule is COC(=O)C(CN1CC2CCC(C1)O2)NC(C)=O. The van der Waals surface area contributed by atoms with Crippen molar-refractivity contribution in [3.8, 4) is 0 Å². The standard InChI is InChI=1S/C12H20N2O4/c1-8(15)13-11(12(16)17-2)7-14-5-9-3-4-10(6-14)18-9/h9-11H,3-7H2,1-2H3,(H,13,15). The third-order valence-corrected chi connectivity index (χ3v) is 3.42. The van der Waals surface area contributed by atoms with Crippen LogP contribution in [-0.2, 0) is 19.1 Å². The minimum absolute atomic E-state index is 0.221. The van der Waals surface area contributed by atoms with Crippen molar-refractivity contribution in [2.24, 2.45) is 0 Å². The zero-order chi connectivity index (χ0) is 13.1. The molecule has 2 rings (SSSR count). The summed E-state index contributed by atoms with van der Waals surface area (Å²) in [6.07, 6.45) is 2.73. The lowest BCUT2D eigenvalue weighted by molar-refractivity contribution is -0.146. The maximum absolute atomic E-state index is 11.6.